The zero-order valence-electron chi connectivity index (χ0n) is 6.86. The van der Waals surface area contributed by atoms with Gasteiger partial charge >= 0.3 is 0 Å². The molecule has 0 aliphatic rings. The topological polar surface area (TPSA) is 17.8 Å². The van der Waals surface area contributed by atoms with Crippen LogP contribution in [-0.2, 0) is 0 Å². The Morgan fingerprint density at radius 3 is 2.82 bits per heavy atom. The van der Waals surface area contributed by atoms with Crippen LogP contribution >= 0.6 is 0 Å². The van der Waals surface area contributed by atoms with Crippen LogP contribution in [0, 0.1) is 0 Å². The fourth-order valence-corrected chi connectivity index (χ4v) is 0.889. The van der Waals surface area contributed by atoms with Crippen molar-refractivity contribution in [3.8, 4) is 0 Å². The van der Waals surface area contributed by atoms with E-state index in [0.29, 0.717) is 0 Å². The Morgan fingerprint density at radius 2 is 2.18 bits per heavy atom. The molecule has 1 aromatic rings. The van der Waals surface area contributed by atoms with Gasteiger partial charge in [-0.25, -0.2) is 4.98 Å². The first-order valence-corrected chi connectivity index (χ1v) is 3.67. The molecular formula is C9H12N2. The smallest absolute Gasteiger partial charge is 0.136 e. The normalized spacial score (nSPS) is 11.8. The van der Waals surface area contributed by atoms with Gasteiger partial charge in [0.2, 0.25) is 0 Å². The van der Waals surface area contributed by atoms with E-state index in [1.807, 2.05) is 49.0 Å². The summed E-state index contributed by atoms with van der Waals surface area (Å²) in [6.45, 7) is 3.97. The first-order chi connectivity index (χ1) is 5.38. The van der Waals surface area contributed by atoms with Gasteiger partial charge in [-0.05, 0) is 19.9 Å². The summed E-state index contributed by atoms with van der Waals surface area (Å²) >= 11 is 0. The van der Waals surface area contributed by atoms with E-state index in [1.54, 1.807) is 6.20 Å². The molecule has 0 amide bonds. The minimum Gasteiger partial charge on any atom is -0.307 e. The SMILES string of the molecule is C/C=C\c1nccn1/C=C\C. The molecule has 0 atom stereocenters. The molecule has 0 aliphatic heterocycles. The van der Waals surface area contributed by atoms with Crippen LogP contribution in [-0.4, -0.2) is 9.55 Å². The lowest BCUT2D eigenvalue weighted by atomic mass is 10.5. The van der Waals surface area contributed by atoms with Gasteiger partial charge in [0.15, 0.2) is 0 Å². The zero-order chi connectivity index (χ0) is 8.10. The average Bonchev–Trinajstić information content (AvgIpc) is 2.39. The van der Waals surface area contributed by atoms with Crippen LogP contribution in [0.15, 0.2) is 24.5 Å². The van der Waals surface area contributed by atoms with E-state index in [0.717, 1.165) is 5.82 Å². The molecule has 0 saturated carbocycles. The first kappa shape index (κ1) is 7.79. The highest BCUT2D eigenvalue weighted by Gasteiger charge is 1.91. The molecule has 0 radical (unpaired) electrons. The predicted octanol–water partition coefficient (Wildman–Crippen LogP) is 2.41. The van der Waals surface area contributed by atoms with Crippen LogP contribution in [0.2, 0.25) is 0 Å². The fraction of sp³-hybridized carbons (Fsp3) is 0.222. The molecular weight excluding hydrogens is 136 g/mol. The molecule has 2 heteroatoms. The van der Waals surface area contributed by atoms with Crippen molar-refractivity contribution in [2.24, 2.45) is 0 Å². The maximum atomic E-state index is 4.15. The van der Waals surface area contributed by atoms with Gasteiger partial charge in [0.25, 0.3) is 0 Å². The molecule has 58 valence electrons. The molecule has 0 saturated heterocycles. The molecule has 0 bridgehead atoms. The summed E-state index contributed by atoms with van der Waals surface area (Å²) in [6.07, 6.45) is 11.6. The van der Waals surface area contributed by atoms with E-state index < -0.39 is 0 Å². The lowest BCUT2D eigenvalue weighted by molar-refractivity contribution is 1.10. The Labute approximate surface area is 66.9 Å². The summed E-state index contributed by atoms with van der Waals surface area (Å²) in [4.78, 5) is 4.15. The molecule has 0 N–H and O–H groups in total. The Balaban J connectivity index is 2.95. The maximum Gasteiger partial charge on any atom is 0.136 e. The van der Waals surface area contributed by atoms with Crippen LogP contribution < -0.4 is 0 Å². The molecule has 0 aromatic carbocycles. The van der Waals surface area contributed by atoms with E-state index >= 15 is 0 Å². The Hall–Kier alpha value is -1.31. The number of rotatable bonds is 2. The number of allylic oxidation sites excluding steroid dienone is 2. The van der Waals surface area contributed by atoms with E-state index in [9.17, 15) is 0 Å². The van der Waals surface area contributed by atoms with Gasteiger partial charge in [-0.2, -0.15) is 0 Å². The summed E-state index contributed by atoms with van der Waals surface area (Å²) in [5, 5.41) is 0. The highest BCUT2D eigenvalue weighted by Crippen LogP contribution is 2.00. The minimum atomic E-state index is 0.964. The van der Waals surface area contributed by atoms with Gasteiger partial charge in [0, 0.05) is 18.6 Å². The number of hydrogen-bond donors (Lipinski definition) is 0. The lowest BCUT2D eigenvalue weighted by Crippen LogP contribution is -1.86. The average molecular weight is 148 g/mol. The standard InChI is InChI=1S/C9H12N2/c1-3-5-9-10-6-8-11(9)7-4-2/h3-8H,1-2H3/b5-3-,7-4-. The number of imidazole rings is 1. The van der Waals surface area contributed by atoms with E-state index in [1.165, 1.54) is 0 Å². The third kappa shape index (κ3) is 1.80. The monoisotopic (exact) mass is 148 g/mol. The molecule has 1 rings (SSSR count). The highest BCUT2D eigenvalue weighted by atomic mass is 15.0. The predicted molar refractivity (Wildman–Crippen MR) is 47.9 cm³/mol. The third-order valence-electron chi connectivity index (χ3n) is 1.32. The van der Waals surface area contributed by atoms with Crippen LogP contribution in [0.5, 0.6) is 0 Å². The lowest BCUT2D eigenvalue weighted by Gasteiger charge is -1.93. The van der Waals surface area contributed by atoms with Gasteiger partial charge in [0.05, 0.1) is 0 Å². The Kier molecular flexibility index (Phi) is 2.66. The second kappa shape index (κ2) is 3.76. The molecule has 2 nitrogen and oxygen atoms in total. The summed E-state index contributed by atoms with van der Waals surface area (Å²) in [7, 11) is 0. The molecule has 1 aromatic heterocycles. The van der Waals surface area contributed by atoms with Crippen molar-refractivity contribution in [1.29, 1.82) is 0 Å². The molecule has 0 spiro atoms. The van der Waals surface area contributed by atoms with Crippen LogP contribution in [0.4, 0.5) is 0 Å². The fourth-order valence-electron chi connectivity index (χ4n) is 0.889. The second-order valence-electron chi connectivity index (χ2n) is 2.18. The van der Waals surface area contributed by atoms with Gasteiger partial charge in [-0.1, -0.05) is 12.2 Å². The molecule has 1 heterocycles. The number of nitrogens with zero attached hydrogens (tertiary/aromatic N) is 2. The van der Waals surface area contributed by atoms with Gasteiger partial charge in [0.1, 0.15) is 5.82 Å². The first-order valence-electron chi connectivity index (χ1n) is 3.67. The largest absolute Gasteiger partial charge is 0.307 e. The summed E-state index contributed by atoms with van der Waals surface area (Å²) < 4.78 is 1.97. The van der Waals surface area contributed by atoms with Crippen molar-refractivity contribution in [1.82, 2.24) is 9.55 Å². The van der Waals surface area contributed by atoms with Crippen LogP contribution in [0.1, 0.15) is 19.7 Å². The maximum absolute atomic E-state index is 4.15. The van der Waals surface area contributed by atoms with Crippen LogP contribution in [0.25, 0.3) is 12.3 Å². The van der Waals surface area contributed by atoms with Gasteiger partial charge in [-0.15, -0.1) is 0 Å². The van der Waals surface area contributed by atoms with Crippen molar-refractivity contribution >= 4 is 12.3 Å². The van der Waals surface area contributed by atoms with Crippen molar-refractivity contribution in [3.05, 3.63) is 30.4 Å². The van der Waals surface area contributed by atoms with Crippen LogP contribution in [0.3, 0.4) is 0 Å². The van der Waals surface area contributed by atoms with Crippen molar-refractivity contribution < 1.29 is 0 Å². The van der Waals surface area contributed by atoms with Crippen molar-refractivity contribution in [2.75, 3.05) is 0 Å². The molecule has 0 fully saturated rings. The quantitative estimate of drug-likeness (QED) is 0.629. The third-order valence-corrected chi connectivity index (χ3v) is 1.32. The molecule has 11 heavy (non-hydrogen) atoms. The summed E-state index contributed by atoms with van der Waals surface area (Å²) in [6, 6.07) is 0. The number of hydrogen-bond acceptors (Lipinski definition) is 1. The Morgan fingerprint density at radius 1 is 1.36 bits per heavy atom. The minimum absolute atomic E-state index is 0.964. The molecule has 0 unspecified atom stereocenters. The van der Waals surface area contributed by atoms with Gasteiger partial charge in [-0.3, -0.25) is 0 Å². The van der Waals surface area contributed by atoms with Crippen molar-refractivity contribution in [2.45, 2.75) is 13.8 Å². The van der Waals surface area contributed by atoms with Crippen molar-refractivity contribution in [3.63, 3.8) is 0 Å². The van der Waals surface area contributed by atoms with Gasteiger partial charge < -0.3 is 4.57 Å². The molecule has 0 aliphatic carbocycles. The highest BCUT2D eigenvalue weighted by molar-refractivity contribution is 5.44. The summed E-state index contributed by atoms with van der Waals surface area (Å²) in [5.74, 6) is 0.964. The number of aromatic nitrogens is 2. The second-order valence-corrected chi connectivity index (χ2v) is 2.18. The zero-order valence-corrected chi connectivity index (χ0v) is 6.86. The Bertz CT molecular complexity index is 242. The summed E-state index contributed by atoms with van der Waals surface area (Å²) in [5.41, 5.74) is 0. The van der Waals surface area contributed by atoms with E-state index in [2.05, 4.69) is 4.98 Å². The van der Waals surface area contributed by atoms with E-state index in [4.69, 9.17) is 0 Å². The van der Waals surface area contributed by atoms with E-state index in [-0.39, 0.29) is 0 Å².